The molecule has 0 amide bonds. The molecule has 0 aliphatic carbocycles. The van der Waals surface area contributed by atoms with Crippen LogP contribution >= 0.6 is 0 Å². The maximum atomic E-state index is 10.7. The van der Waals surface area contributed by atoms with Gasteiger partial charge in [-0.15, -0.1) is 0 Å². The lowest BCUT2D eigenvalue weighted by molar-refractivity contribution is -0.143. The number of aromatic nitrogens is 2. The maximum Gasteiger partial charge on any atom is 0.356 e. The molecule has 1 aliphatic heterocycles. The van der Waals surface area contributed by atoms with Crippen molar-refractivity contribution in [3.8, 4) is 0 Å². The zero-order chi connectivity index (χ0) is 13.8. The van der Waals surface area contributed by atoms with Gasteiger partial charge in [-0.3, -0.25) is 0 Å². The van der Waals surface area contributed by atoms with E-state index in [1.54, 1.807) is 7.11 Å². The Bertz CT molecular complexity index is 429. The number of carboxylic acids is 1. The molecule has 0 radical (unpaired) electrons. The van der Waals surface area contributed by atoms with E-state index in [9.17, 15) is 4.79 Å². The summed E-state index contributed by atoms with van der Waals surface area (Å²) in [5, 5.41) is 10.7. The van der Waals surface area contributed by atoms with Crippen LogP contribution in [-0.4, -0.2) is 59.4 Å². The first kappa shape index (κ1) is 13.7. The van der Waals surface area contributed by atoms with Crippen molar-refractivity contribution in [1.29, 1.82) is 0 Å². The molecule has 1 aliphatic rings. The largest absolute Gasteiger partial charge is 0.476 e. The number of hydrogen-bond donors (Lipinski definition) is 1. The van der Waals surface area contributed by atoms with Gasteiger partial charge >= 0.3 is 5.97 Å². The van der Waals surface area contributed by atoms with Crippen LogP contribution in [0.4, 0.5) is 5.82 Å². The number of carbonyl (C=O) groups is 1. The van der Waals surface area contributed by atoms with Crippen LogP contribution in [-0.2, 0) is 4.84 Å². The summed E-state index contributed by atoms with van der Waals surface area (Å²) in [5.41, 5.74) is -0.0358. The van der Waals surface area contributed by atoms with E-state index in [4.69, 9.17) is 9.94 Å². The fraction of sp³-hybridized carbons (Fsp3) is 0.583. The summed E-state index contributed by atoms with van der Waals surface area (Å²) in [7, 11) is 3.64. The molecular formula is C12H18N4O3. The molecule has 1 saturated heterocycles. The number of nitrogens with zero attached hydrogens (tertiary/aromatic N) is 4. The van der Waals surface area contributed by atoms with E-state index in [2.05, 4.69) is 9.97 Å². The molecule has 104 valence electrons. The minimum Gasteiger partial charge on any atom is -0.476 e. The van der Waals surface area contributed by atoms with E-state index in [1.807, 2.05) is 17.0 Å². The number of hydrogen-bond acceptors (Lipinski definition) is 6. The number of piperidine rings is 1. The summed E-state index contributed by atoms with van der Waals surface area (Å²) in [5.74, 6) is -0.365. The quantitative estimate of drug-likeness (QED) is 0.856. The van der Waals surface area contributed by atoms with Crippen LogP contribution in [0, 0.1) is 0 Å². The molecule has 0 atom stereocenters. The second-order valence-electron chi connectivity index (χ2n) is 4.52. The van der Waals surface area contributed by atoms with E-state index in [1.165, 1.54) is 12.4 Å². The second-order valence-corrected chi connectivity index (χ2v) is 4.52. The average molecular weight is 266 g/mol. The Morgan fingerprint density at radius 3 is 2.58 bits per heavy atom. The summed E-state index contributed by atoms with van der Waals surface area (Å²) in [6, 6.07) is 0.372. The summed E-state index contributed by atoms with van der Waals surface area (Å²) >= 11 is 0. The van der Waals surface area contributed by atoms with Gasteiger partial charge in [-0.2, -0.15) is 5.06 Å². The van der Waals surface area contributed by atoms with Crippen molar-refractivity contribution >= 4 is 11.8 Å². The molecular weight excluding hydrogens is 248 g/mol. The van der Waals surface area contributed by atoms with Crippen molar-refractivity contribution < 1.29 is 14.7 Å². The molecule has 0 aromatic carbocycles. The highest BCUT2D eigenvalue weighted by atomic mass is 16.7. The van der Waals surface area contributed by atoms with Gasteiger partial charge < -0.3 is 14.8 Å². The van der Waals surface area contributed by atoms with Gasteiger partial charge in [0.1, 0.15) is 5.82 Å². The van der Waals surface area contributed by atoms with Gasteiger partial charge in [-0.05, 0) is 12.8 Å². The van der Waals surface area contributed by atoms with E-state index >= 15 is 0 Å². The van der Waals surface area contributed by atoms with Gasteiger partial charge in [-0.1, -0.05) is 0 Å². The third kappa shape index (κ3) is 3.18. The van der Waals surface area contributed by atoms with Crippen molar-refractivity contribution in [2.45, 2.75) is 18.9 Å². The minimum atomic E-state index is -1.06. The van der Waals surface area contributed by atoms with Crippen LogP contribution in [0.25, 0.3) is 0 Å². The predicted octanol–water partition coefficient (Wildman–Crippen LogP) is 0.637. The number of rotatable bonds is 4. The van der Waals surface area contributed by atoms with Gasteiger partial charge in [0.15, 0.2) is 5.69 Å². The molecule has 1 aromatic heterocycles. The summed E-state index contributed by atoms with van der Waals surface area (Å²) in [6.07, 6.45) is 4.75. The SMILES string of the molecule is CON1CCC(N(C)c2cnc(C(=O)O)cn2)CC1. The van der Waals surface area contributed by atoms with E-state index in [-0.39, 0.29) is 5.69 Å². The minimum absolute atomic E-state index is 0.0358. The lowest BCUT2D eigenvalue weighted by atomic mass is 10.1. The van der Waals surface area contributed by atoms with Crippen LogP contribution in [0.5, 0.6) is 0 Å². The van der Waals surface area contributed by atoms with Gasteiger partial charge in [0.2, 0.25) is 0 Å². The van der Waals surface area contributed by atoms with Crippen molar-refractivity contribution in [2.75, 3.05) is 32.1 Å². The number of carboxylic acid groups (broad SMARTS) is 1. The molecule has 0 unspecified atom stereocenters. The number of aromatic carboxylic acids is 1. The summed E-state index contributed by atoms with van der Waals surface area (Å²) < 4.78 is 0. The molecule has 0 spiro atoms. The standard InChI is InChI=1S/C12H18N4O3/c1-15(9-3-5-16(19-2)6-4-9)11-8-13-10(7-14-11)12(17)18/h7-9H,3-6H2,1-2H3,(H,17,18). The van der Waals surface area contributed by atoms with Gasteiger partial charge in [0.05, 0.1) is 19.5 Å². The highest BCUT2D eigenvalue weighted by Crippen LogP contribution is 2.19. The average Bonchev–Trinajstić information content (AvgIpc) is 2.46. The van der Waals surface area contributed by atoms with Crippen LogP contribution in [0.3, 0.4) is 0 Å². The molecule has 7 heteroatoms. The normalized spacial score (nSPS) is 17.4. The Hall–Kier alpha value is -1.73. The van der Waals surface area contributed by atoms with Gasteiger partial charge in [0, 0.05) is 26.2 Å². The van der Waals surface area contributed by atoms with E-state index < -0.39 is 5.97 Å². The molecule has 7 nitrogen and oxygen atoms in total. The van der Waals surface area contributed by atoms with Gasteiger partial charge in [-0.25, -0.2) is 14.8 Å². The maximum absolute atomic E-state index is 10.7. The Morgan fingerprint density at radius 2 is 2.11 bits per heavy atom. The van der Waals surface area contributed by atoms with E-state index in [0.29, 0.717) is 11.9 Å². The van der Waals surface area contributed by atoms with Crippen LogP contribution < -0.4 is 4.90 Å². The summed E-state index contributed by atoms with van der Waals surface area (Å²) in [4.78, 5) is 26.0. The number of hydroxylamine groups is 2. The zero-order valence-electron chi connectivity index (χ0n) is 11.1. The summed E-state index contributed by atoms with van der Waals surface area (Å²) in [6.45, 7) is 1.76. The smallest absolute Gasteiger partial charge is 0.356 e. The molecule has 0 bridgehead atoms. The second kappa shape index (κ2) is 5.94. The Balaban J connectivity index is 1.99. The Labute approximate surface area is 111 Å². The van der Waals surface area contributed by atoms with Crippen LogP contribution in [0.15, 0.2) is 12.4 Å². The highest BCUT2D eigenvalue weighted by Gasteiger charge is 2.23. The number of anilines is 1. The monoisotopic (exact) mass is 266 g/mol. The van der Waals surface area contributed by atoms with Crippen molar-refractivity contribution in [1.82, 2.24) is 15.0 Å². The molecule has 0 saturated carbocycles. The highest BCUT2D eigenvalue weighted by molar-refractivity contribution is 5.84. The first-order valence-corrected chi connectivity index (χ1v) is 6.19. The molecule has 1 N–H and O–H groups in total. The van der Waals surface area contributed by atoms with Crippen molar-refractivity contribution in [2.24, 2.45) is 0 Å². The van der Waals surface area contributed by atoms with Crippen LogP contribution in [0.1, 0.15) is 23.3 Å². The first-order valence-electron chi connectivity index (χ1n) is 6.19. The molecule has 2 heterocycles. The van der Waals surface area contributed by atoms with Crippen molar-refractivity contribution in [3.05, 3.63) is 18.1 Å². The lowest BCUT2D eigenvalue weighted by Crippen LogP contribution is -2.43. The van der Waals surface area contributed by atoms with Crippen LogP contribution in [0.2, 0.25) is 0 Å². The first-order chi connectivity index (χ1) is 9.11. The van der Waals surface area contributed by atoms with E-state index in [0.717, 1.165) is 25.9 Å². The topological polar surface area (TPSA) is 78.8 Å². The fourth-order valence-electron chi connectivity index (χ4n) is 2.21. The Morgan fingerprint density at radius 1 is 1.42 bits per heavy atom. The lowest BCUT2D eigenvalue weighted by Gasteiger charge is -2.35. The molecule has 1 aromatic rings. The zero-order valence-corrected chi connectivity index (χ0v) is 11.1. The van der Waals surface area contributed by atoms with Gasteiger partial charge in [0.25, 0.3) is 0 Å². The third-order valence-corrected chi connectivity index (χ3v) is 3.45. The third-order valence-electron chi connectivity index (χ3n) is 3.45. The predicted molar refractivity (Wildman–Crippen MR) is 69.0 cm³/mol. The van der Waals surface area contributed by atoms with Crippen molar-refractivity contribution in [3.63, 3.8) is 0 Å². The molecule has 1 fully saturated rings. The fourth-order valence-corrected chi connectivity index (χ4v) is 2.21. The molecule has 19 heavy (non-hydrogen) atoms. The Kier molecular flexibility index (Phi) is 4.28. The molecule has 2 rings (SSSR count).